The predicted molar refractivity (Wildman–Crippen MR) is 68.2 cm³/mol. The van der Waals surface area contributed by atoms with E-state index in [0.29, 0.717) is 0 Å². The summed E-state index contributed by atoms with van der Waals surface area (Å²) in [7, 11) is 0. The van der Waals surface area contributed by atoms with Crippen molar-refractivity contribution < 1.29 is 9.53 Å². The monoisotopic (exact) mass is 257 g/mol. The van der Waals surface area contributed by atoms with E-state index in [1.165, 1.54) is 0 Å². The highest BCUT2D eigenvalue weighted by atomic mass is 35.5. The lowest BCUT2D eigenvalue weighted by molar-refractivity contribution is -0.144. The maximum absolute atomic E-state index is 11.4. The van der Waals surface area contributed by atoms with E-state index >= 15 is 0 Å². The Bertz CT molecular complexity index is 356. The van der Waals surface area contributed by atoms with Crippen LogP contribution in [0.2, 0.25) is 0 Å². The number of carbonyl (C=O) groups is 1. The third-order valence-corrected chi connectivity index (χ3v) is 2.36. The molecule has 1 atom stereocenters. The van der Waals surface area contributed by atoms with Gasteiger partial charge in [0, 0.05) is 0 Å². The predicted octanol–water partition coefficient (Wildman–Crippen LogP) is 2.30. The van der Waals surface area contributed by atoms with Crippen LogP contribution in [0.25, 0.3) is 0 Å². The lowest BCUT2D eigenvalue weighted by atomic mass is 10.2. The van der Waals surface area contributed by atoms with Crippen molar-refractivity contribution in [1.82, 2.24) is 0 Å². The number of ether oxygens (including phenoxy) is 1. The van der Waals surface area contributed by atoms with Gasteiger partial charge in [0.1, 0.15) is 11.9 Å². The number of carbonyl (C=O) groups excluding carboxylic acids is 1. The fraction of sp³-hybridized carbons (Fsp3) is 0.273. The first-order chi connectivity index (χ1) is 7.74. The highest BCUT2D eigenvalue weighted by Gasteiger charge is 2.14. The lowest BCUT2D eigenvalue weighted by Gasteiger charge is -2.08. The van der Waals surface area contributed by atoms with Crippen molar-refractivity contribution in [3.05, 3.63) is 35.9 Å². The van der Waals surface area contributed by atoms with Gasteiger partial charge < -0.3 is 4.74 Å². The minimum Gasteiger partial charge on any atom is -0.460 e. The average molecular weight is 258 g/mol. The second kappa shape index (κ2) is 7.30. The van der Waals surface area contributed by atoms with E-state index in [4.69, 9.17) is 16.3 Å². The SMILES string of the molecule is O=C(OCc1ccccc1)[C@H](S)CN=CCl. The molecule has 1 aromatic carbocycles. The molecule has 0 saturated heterocycles. The molecule has 5 heteroatoms. The molecule has 0 bridgehead atoms. The summed E-state index contributed by atoms with van der Waals surface area (Å²) in [6.07, 6.45) is 0. The molecule has 16 heavy (non-hydrogen) atoms. The van der Waals surface area contributed by atoms with E-state index in [1.807, 2.05) is 30.3 Å². The van der Waals surface area contributed by atoms with Gasteiger partial charge in [-0.3, -0.25) is 9.79 Å². The van der Waals surface area contributed by atoms with Crippen LogP contribution in [0.1, 0.15) is 5.56 Å². The van der Waals surface area contributed by atoms with E-state index in [2.05, 4.69) is 17.6 Å². The summed E-state index contributed by atoms with van der Waals surface area (Å²) in [6, 6.07) is 9.45. The Hall–Kier alpha value is -1.00. The Morgan fingerprint density at radius 2 is 2.19 bits per heavy atom. The molecule has 0 saturated carbocycles. The molecule has 0 aromatic heterocycles. The first kappa shape index (κ1) is 13.1. The molecular formula is C11H12ClNO2S. The number of hydrogen-bond acceptors (Lipinski definition) is 4. The summed E-state index contributed by atoms with van der Waals surface area (Å²) in [4.78, 5) is 15.1. The van der Waals surface area contributed by atoms with Crippen LogP contribution in [0, 0.1) is 0 Å². The van der Waals surface area contributed by atoms with Gasteiger partial charge in [-0.1, -0.05) is 41.9 Å². The normalized spacial score (nSPS) is 12.6. The maximum atomic E-state index is 11.4. The maximum Gasteiger partial charge on any atom is 0.321 e. The van der Waals surface area contributed by atoms with Gasteiger partial charge in [0.15, 0.2) is 0 Å². The van der Waals surface area contributed by atoms with E-state index in [1.54, 1.807) is 0 Å². The summed E-state index contributed by atoms with van der Waals surface area (Å²) in [5, 5.41) is -0.571. The van der Waals surface area contributed by atoms with Gasteiger partial charge in [-0.05, 0) is 5.56 Å². The molecule has 0 N–H and O–H groups in total. The zero-order chi connectivity index (χ0) is 11.8. The van der Waals surface area contributed by atoms with Crippen LogP contribution >= 0.6 is 24.2 Å². The largest absolute Gasteiger partial charge is 0.460 e. The molecule has 0 fully saturated rings. The topological polar surface area (TPSA) is 38.7 Å². The smallest absolute Gasteiger partial charge is 0.321 e. The Morgan fingerprint density at radius 1 is 1.50 bits per heavy atom. The molecule has 1 rings (SSSR count). The molecule has 3 nitrogen and oxygen atoms in total. The number of rotatable bonds is 5. The second-order valence-corrected chi connectivity index (χ2v) is 3.89. The summed E-state index contributed by atoms with van der Waals surface area (Å²) in [5.74, 6) is -0.394. The van der Waals surface area contributed by atoms with Crippen molar-refractivity contribution in [2.45, 2.75) is 11.9 Å². The van der Waals surface area contributed by atoms with Crippen molar-refractivity contribution >= 4 is 35.9 Å². The van der Waals surface area contributed by atoms with E-state index in [0.717, 1.165) is 11.2 Å². The summed E-state index contributed by atoms with van der Waals surface area (Å²) in [6.45, 7) is 0.474. The summed E-state index contributed by atoms with van der Waals surface area (Å²) < 4.78 is 5.05. The highest BCUT2D eigenvalue weighted by molar-refractivity contribution is 7.81. The zero-order valence-corrected chi connectivity index (χ0v) is 10.2. The van der Waals surface area contributed by atoms with Crippen LogP contribution in [0.15, 0.2) is 35.3 Å². The number of halogens is 1. The number of esters is 1. The first-order valence-corrected chi connectivity index (χ1v) is 5.66. The van der Waals surface area contributed by atoms with E-state index in [9.17, 15) is 4.79 Å². The van der Waals surface area contributed by atoms with Gasteiger partial charge in [0.25, 0.3) is 0 Å². The minimum atomic E-state index is -0.571. The molecular weight excluding hydrogens is 246 g/mol. The van der Waals surface area contributed by atoms with Crippen LogP contribution in [-0.2, 0) is 16.1 Å². The third-order valence-electron chi connectivity index (χ3n) is 1.84. The van der Waals surface area contributed by atoms with Crippen molar-refractivity contribution in [1.29, 1.82) is 0 Å². The van der Waals surface area contributed by atoms with Crippen molar-refractivity contribution in [2.75, 3.05) is 6.54 Å². The van der Waals surface area contributed by atoms with Gasteiger partial charge in [0.05, 0.1) is 12.2 Å². The number of benzene rings is 1. The molecule has 1 aromatic rings. The summed E-state index contributed by atoms with van der Waals surface area (Å²) >= 11 is 9.30. The molecule has 86 valence electrons. The summed E-state index contributed by atoms with van der Waals surface area (Å²) in [5.41, 5.74) is 2.06. The Morgan fingerprint density at radius 3 is 2.81 bits per heavy atom. The fourth-order valence-corrected chi connectivity index (χ4v) is 1.29. The number of thiol groups is 1. The van der Waals surface area contributed by atoms with Crippen molar-refractivity contribution in [3.8, 4) is 0 Å². The lowest BCUT2D eigenvalue weighted by Crippen LogP contribution is -2.20. The van der Waals surface area contributed by atoms with Gasteiger partial charge in [-0.25, -0.2) is 0 Å². The van der Waals surface area contributed by atoms with Crippen LogP contribution in [0.4, 0.5) is 0 Å². The molecule has 0 aliphatic heterocycles. The van der Waals surface area contributed by atoms with Crippen LogP contribution in [0.3, 0.4) is 0 Å². The minimum absolute atomic E-state index is 0.222. The number of hydrogen-bond donors (Lipinski definition) is 1. The Labute approximate surface area is 105 Å². The average Bonchev–Trinajstić information content (AvgIpc) is 2.34. The van der Waals surface area contributed by atoms with E-state index in [-0.39, 0.29) is 13.2 Å². The standard InChI is InChI=1S/C11H12ClNO2S/c12-8-13-6-10(16)11(14)15-7-9-4-2-1-3-5-9/h1-5,8,10,16H,6-7H2/t10-/m1/s1. The molecule has 0 heterocycles. The number of aliphatic imine (C=N–C) groups is 1. The molecule has 0 aliphatic rings. The van der Waals surface area contributed by atoms with Crippen molar-refractivity contribution in [3.63, 3.8) is 0 Å². The van der Waals surface area contributed by atoms with E-state index < -0.39 is 11.2 Å². The number of nitrogens with zero attached hydrogens (tertiary/aromatic N) is 1. The van der Waals surface area contributed by atoms with Gasteiger partial charge in [0.2, 0.25) is 0 Å². The van der Waals surface area contributed by atoms with Gasteiger partial charge in [-0.2, -0.15) is 12.6 Å². The molecule has 0 radical (unpaired) electrons. The molecule has 0 spiro atoms. The van der Waals surface area contributed by atoms with Crippen LogP contribution in [-0.4, -0.2) is 23.4 Å². The van der Waals surface area contributed by atoms with Gasteiger partial charge in [-0.15, -0.1) is 0 Å². The molecule has 0 unspecified atom stereocenters. The second-order valence-electron chi connectivity index (χ2n) is 3.07. The first-order valence-electron chi connectivity index (χ1n) is 4.71. The molecule has 0 amide bonds. The highest BCUT2D eigenvalue weighted by Crippen LogP contribution is 2.04. The van der Waals surface area contributed by atoms with Crippen LogP contribution < -0.4 is 0 Å². The third kappa shape index (κ3) is 4.68. The fourth-order valence-electron chi connectivity index (χ4n) is 1.04. The quantitative estimate of drug-likeness (QED) is 0.499. The zero-order valence-electron chi connectivity index (χ0n) is 8.54. The van der Waals surface area contributed by atoms with Crippen molar-refractivity contribution in [2.24, 2.45) is 4.99 Å². The molecule has 0 aliphatic carbocycles. The Kier molecular flexibility index (Phi) is 5.96. The van der Waals surface area contributed by atoms with Gasteiger partial charge >= 0.3 is 5.97 Å². The Balaban J connectivity index is 2.35. The van der Waals surface area contributed by atoms with Crippen LogP contribution in [0.5, 0.6) is 0 Å².